The van der Waals surface area contributed by atoms with E-state index in [1.807, 2.05) is 23.6 Å². The van der Waals surface area contributed by atoms with Gasteiger partial charge in [0.05, 0.1) is 16.7 Å². The number of aromatic nitrogens is 4. The smallest absolute Gasteiger partial charge is 0.267 e. The van der Waals surface area contributed by atoms with Gasteiger partial charge in [-0.1, -0.05) is 6.07 Å². The van der Waals surface area contributed by atoms with Gasteiger partial charge in [-0.2, -0.15) is 0 Å². The van der Waals surface area contributed by atoms with E-state index in [4.69, 9.17) is 4.74 Å². The third kappa shape index (κ3) is 4.93. The number of hydrogen-bond donors (Lipinski definition) is 4. The summed E-state index contributed by atoms with van der Waals surface area (Å²) in [5.41, 5.74) is 2.82. The molecular weight excluding hydrogens is 525 g/mol. The Kier molecular flexibility index (Phi) is 6.16. The first-order valence-corrected chi connectivity index (χ1v) is 13.5. The minimum absolute atomic E-state index is 0.176. The zero-order valence-electron chi connectivity index (χ0n) is 23.6. The maximum Gasteiger partial charge on any atom is 0.267 e. The number of aromatic amines is 1. The minimum atomic E-state index is -1.14. The van der Waals surface area contributed by atoms with Crippen molar-refractivity contribution in [1.29, 1.82) is 0 Å². The molecule has 5 aromatic rings. The number of ether oxygens (including phenoxy) is 1. The fourth-order valence-corrected chi connectivity index (χ4v) is 5.11. The molecule has 1 saturated carbocycles. The SMILES string of the molecule is Cc1cc(F)cc(C)c1Oc1ccc(C(C)(C)O)cc1-c1cn2c(C)nnc2c2[nH]c(C(=O)NCC3(O)CC3)cc12. The average molecular weight is 558 g/mol. The fraction of sp³-hybridized carbons (Fsp3) is 0.323. The number of nitrogens with one attached hydrogen (secondary N) is 2. The summed E-state index contributed by atoms with van der Waals surface area (Å²) in [6, 6.07) is 10.0. The van der Waals surface area contributed by atoms with Crippen molar-refractivity contribution < 1.29 is 24.1 Å². The third-order valence-corrected chi connectivity index (χ3v) is 7.72. The van der Waals surface area contributed by atoms with Crippen molar-refractivity contribution in [2.24, 2.45) is 0 Å². The Balaban J connectivity index is 1.55. The van der Waals surface area contributed by atoms with Gasteiger partial charge in [0, 0.05) is 29.3 Å². The van der Waals surface area contributed by atoms with Crippen LogP contribution >= 0.6 is 0 Å². The number of rotatable bonds is 7. The van der Waals surface area contributed by atoms with E-state index in [1.54, 1.807) is 45.9 Å². The van der Waals surface area contributed by atoms with Crippen molar-refractivity contribution in [2.45, 2.75) is 58.7 Å². The van der Waals surface area contributed by atoms with E-state index in [1.165, 1.54) is 12.1 Å². The van der Waals surface area contributed by atoms with Crippen LogP contribution in [-0.4, -0.2) is 47.8 Å². The van der Waals surface area contributed by atoms with Gasteiger partial charge >= 0.3 is 0 Å². The summed E-state index contributed by atoms with van der Waals surface area (Å²) in [7, 11) is 0. The van der Waals surface area contributed by atoms with Crippen molar-refractivity contribution in [2.75, 3.05) is 6.54 Å². The van der Waals surface area contributed by atoms with Crippen LogP contribution in [0.2, 0.25) is 0 Å². The Morgan fingerprint density at radius 3 is 2.49 bits per heavy atom. The summed E-state index contributed by atoms with van der Waals surface area (Å²) in [6.45, 7) is 8.99. The Morgan fingerprint density at radius 1 is 1.12 bits per heavy atom. The van der Waals surface area contributed by atoms with E-state index >= 15 is 0 Å². The number of carbonyl (C=O) groups is 1. The van der Waals surface area contributed by atoms with Crippen LogP contribution in [-0.2, 0) is 5.60 Å². The van der Waals surface area contributed by atoms with E-state index < -0.39 is 11.2 Å². The summed E-state index contributed by atoms with van der Waals surface area (Å²) >= 11 is 0. The number of benzene rings is 2. The largest absolute Gasteiger partial charge is 0.456 e. The van der Waals surface area contributed by atoms with Crippen molar-refractivity contribution in [3.8, 4) is 22.6 Å². The number of H-pyrrole nitrogens is 1. The lowest BCUT2D eigenvalue weighted by atomic mass is 9.93. The minimum Gasteiger partial charge on any atom is -0.456 e. The molecule has 0 aliphatic heterocycles. The second-order valence-corrected chi connectivity index (χ2v) is 11.6. The summed E-state index contributed by atoms with van der Waals surface area (Å²) in [5.74, 6) is 0.984. The molecule has 1 amide bonds. The topological polar surface area (TPSA) is 125 Å². The summed E-state index contributed by atoms with van der Waals surface area (Å²) < 4.78 is 22.3. The quantitative estimate of drug-likeness (QED) is 0.218. The molecule has 212 valence electrons. The van der Waals surface area contributed by atoms with E-state index in [0.29, 0.717) is 80.2 Å². The lowest BCUT2D eigenvalue weighted by Crippen LogP contribution is -2.33. The second kappa shape index (κ2) is 9.39. The number of aryl methyl sites for hydroxylation is 3. The predicted molar refractivity (Wildman–Crippen MR) is 153 cm³/mol. The monoisotopic (exact) mass is 557 g/mol. The molecule has 2 aromatic carbocycles. The number of fused-ring (bicyclic) bond motifs is 3. The van der Waals surface area contributed by atoms with Crippen molar-refractivity contribution in [1.82, 2.24) is 24.9 Å². The van der Waals surface area contributed by atoms with Gasteiger partial charge in [0.25, 0.3) is 5.91 Å². The zero-order valence-corrected chi connectivity index (χ0v) is 23.6. The highest BCUT2D eigenvalue weighted by Gasteiger charge is 2.40. The normalized spacial score (nSPS) is 14.5. The van der Waals surface area contributed by atoms with E-state index in [9.17, 15) is 19.4 Å². The number of nitrogens with zero attached hydrogens (tertiary/aromatic N) is 3. The van der Waals surface area contributed by atoms with Crippen LogP contribution in [0.25, 0.3) is 27.7 Å². The molecule has 1 aliphatic carbocycles. The van der Waals surface area contributed by atoms with Crippen molar-refractivity contribution in [3.63, 3.8) is 0 Å². The standard InChI is InChI=1S/C31H32FN5O4/c1-16-10-20(32)11-17(2)27(16)41-25-7-6-19(30(4,5)39)12-21(25)23-14-37-18(3)35-36-28(37)26-22(23)13-24(34-26)29(38)33-15-31(40)8-9-31/h6-7,10-14,34,39-40H,8-9,15H2,1-5H3,(H,33,38). The van der Waals surface area contributed by atoms with Gasteiger partial charge in [0.2, 0.25) is 0 Å². The first kappa shape index (κ1) is 26.9. The molecule has 10 heteroatoms. The number of pyridine rings is 1. The van der Waals surface area contributed by atoms with Gasteiger partial charge < -0.3 is 25.3 Å². The molecule has 0 atom stereocenters. The molecule has 3 heterocycles. The molecule has 41 heavy (non-hydrogen) atoms. The maximum absolute atomic E-state index is 14.0. The second-order valence-electron chi connectivity index (χ2n) is 11.6. The van der Waals surface area contributed by atoms with Crippen LogP contribution in [0.5, 0.6) is 11.5 Å². The summed E-state index contributed by atoms with van der Waals surface area (Å²) in [6.07, 6.45) is 3.21. The van der Waals surface area contributed by atoms with Gasteiger partial charge in [-0.25, -0.2) is 4.39 Å². The summed E-state index contributed by atoms with van der Waals surface area (Å²) in [5, 5.41) is 33.2. The molecule has 0 spiro atoms. The molecule has 1 aliphatic rings. The van der Waals surface area contributed by atoms with Gasteiger partial charge in [0.15, 0.2) is 5.65 Å². The highest BCUT2D eigenvalue weighted by Crippen LogP contribution is 2.42. The molecule has 0 bridgehead atoms. The molecule has 6 rings (SSSR count). The lowest BCUT2D eigenvalue weighted by molar-refractivity contribution is 0.0786. The Morgan fingerprint density at radius 2 is 1.83 bits per heavy atom. The first-order chi connectivity index (χ1) is 19.3. The fourth-order valence-electron chi connectivity index (χ4n) is 5.11. The molecule has 1 fully saturated rings. The van der Waals surface area contributed by atoms with Crippen LogP contribution in [0.1, 0.15) is 59.7 Å². The summed E-state index contributed by atoms with van der Waals surface area (Å²) in [4.78, 5) is 16.3. The van der Waals surface area contributed by atoms with E-state index in [2.05, 4.69) is 20.5 Å². The first-order valence-electron chi connectivity index (χ1n) is 13.5. The highest BCUT2D eigenvalue weighted by molar-refractivity contribution is 6.07. The Hall–Kier alpha value is -4.28. The third-order valence-electron chi connectivity index (χ3n) is 7.72. The molecule has 0 unspecified atom stereocenters. The van der Waals surface area contributed by atoms with Crippen LogP contribution in [0.4, 0.5) is 4.39 Å². The lowest BCUT2D eigenvalue weighted by Gasteiger charge is -2.22. The van der Waals surface area contributed by atoms with E-state index in [-0.39, 0.29) is 18.3 Å². The average Bonchev–Trinajstić information content (AvgIpc) is 3.29. The van der Waals surface area contributed by atoms with Gasteiger partial charge in [-0.05, 0) is 94.5 Å². The maximum atomic E-state index is 14.0. The highest BCUT2D eigenvalue weighted by atomic mass is 19.1. The Bertz CT molecular complexity index is 1820. The molecule has 0 radical (unpaired) electrons. The zero-order chi connectivity index (χ0) is 29.3. The van der Waals surface area contributed by atoms with Crippen LogP contribution in [0, 0.1) is 26.6 Å². The predicted octanol–water partition coefficient (Wildman–Crippen LogP) is 5.22. The number of amides is 1. The molecule has 0 saturated heterocycles. The van der Waals surface area contributed by atoms with Crippen LogP contribution in [0.15, 0.2) is 42.6 Å². The van der Waals surface area contributed by atoms with Gasteiger partial charge in [-0.15, -0.1) is 10.2 Å². The molecule has 4 N–H and O–H groups in total. The molecule has 3 aromatic heterocycles. The molecule has 9 nitrogen and oxygen atoms in total. The van der Waals surface area contributed by atoms with Gasteiger partial charge in [0.1, 0.15) is 28.8 Å². The number of halogens is 1. The van der Waals surface area contributed by atoms with Crippen molar-refractivity contribution in [3.05, 3.63) is 76.6 Å². The van der Waals surface area contributed by atoms with Gasteiger partial charge in [-0.3, -0.25) is 9.20 Å². The van der Waals surface area contributed by atoms with E-state index in [0.717, 1.165) is 0 Å². The Labute approximate surface area is 236 Å². The number of carbonyl (C=O) groups excluding carboxylic acids is 1. The number of hydrogen-bond acceptors (Lipinski definition) is 6. The molecular formula is C31H32FN5O4. The van der Waals surface area contributed by atoms with Crippen molar-refractivity contribution >= 4 is 22.5 Å². The number of aliphatic hydroxyl groups is 2. The van der Waals surface area contributed by atoms with Crippen LogP contribution < -0.4 is 10.1 Å². The van der Waals surface area contributed by atoms with Crippen LogP contribution in [0.3, 0.4) is 0 Å².